The zero-order valence-corrected chi connectivity index (χ0v) is 12.9. The minimum Gasteiger partial charge on any atom is -0.314 e. The van der Waals surface area contributed by atoms with Crippen LogP contribution in [0.25, 0.3) is 0 Å². The zero-order valence-electron chi connectivity index (χ0n) is 9.75. The summed E-state index contributed by atoms with van der Waals surface area (Å²) < 4.78 is 1.10. The van der Waals surface area contributed by atoms with E-state index < -0.39 is 0 Å². The monoisotopic (exact) mass is 338 g/mol. The van der Waals surface area contributed by atoms with Crippen LogP contribution in [0.2, 0.25) is 5.02 Å². The van der Waals surface area contributed by atoms with Crippen LogP contribution >= 0.6 is 39.9 Å². The zero-order chi connectivity index (χ0) is 11.5. The molecule has 0 radical (unpaired) electrons. The number of nitrogens with one attached hydrogen (secondary N) is 1. The maximum atomic E-state index is 5.93. The maximum absolute atomic E-state index is 5.93. The van der Waals surface area contributed by atoms with Gasteiger partial charge in [0.25, 0.3) is 0 Å². The fraction of sp³-hybridized carbons (Fsp3) is 0.500. The second-order valence-corrected chi connectivity index (χ2v) is 5.55. The van der Waals surface area contributed by atoms with Crippen LogP contribution in [-0.4, -0.2) is 30.6 Å². The number of halogens is 3. The number of rotatable bonds is 2. The molecule has 0 saturated carbocycles. The molecule has 1 saturated heterocycles. The van der Waals surface area contributed by atoms with Gasteiger partial charge < -0.3 is 5.32 Å². The first kappa shape index (κ1) is 15.3. The summed E-state index contributed by atoms with van der Waals surface area (Å²) in [5.74, 6) is 0. The molecule has 5 heteroatoms. The van der Waals surface area contributed by atoms with Crippen molar-refractivity contribution in [3.8, 4) is 0 Å². The number of hydrogen-bond donors (Lipinski definition) is 1. The quantitative estimate of drug-likeness (QED) is 0.889. The molecule has 1 heterocycles. The lowest BCUT2D eigenvalue weighted by atomic mass is 10.1. The molecule has 1 N–H and O–H groups in total. The Morgan fingerprint density at radius 1 is 1.53 bits per heavy atom. The number of benzene rings is 1. The van der Waals surface area contributed by atoms with Crippen LogP contribution in [0.5, 0.6) is 0 Å². The Balaban J connectivity index is 0.00000144. The molecule has 17 heavy (non-hydrogen) atoms. The first-order chi connectivity index (χ1) is 7.66. The van der Waals surface area contributed by atoms with Gasteiger partial charge >= 0.3 is 0 Å². The van der Waals surface area contributed by atoms with Crippen LogP contribution < -0.4 is 5.32 Å². The molecule has 0 aliphatic carbocycles. The van der Waals surface area contributed by atoms with E-state index in [1.807, 2.05) is 12.1 Å². The van der Waals surface area contributed by atoms with Crippen molar-refractivity contribution in [3.05, 3.63) is 33.3 Å². The molecular formula is C12H17BrCl2N2. The second-order valence-electron chi connectivity index (χ2n) is 4.26. The lowest BCUT2D eigenvalue weighted by Gasteiger charge is -2.34. The Kier molecular flexibility index (Phi) is 6.24. The molecule has 0 amide bonds. The Morgan fingerprint density at radius 3 is 2.94 bits per heavy atom. The highest BCUT2D eigenvalue weighted by Crippen LogP contribution is 2.23. The third-order valence-corrected chi connectivity index (χ3v) is 4.00. The number of piperazine rings is 1. The van der Waals surface area contributed by atoms with Crippen molar-refractivity contribution in [2.24, 2.45) is 0 Å². The molecule has 1 aliphatic heterocycles. The smallest absolute Gasteiger partial charge is 0.0417 e. The molecule has 1 aromatic carbocycles. The topological polar surface area (TPSA) is 15.3 Å². The van der Waals surface area contributed by atoms with Gasteiger partial charge in [-0.1, -0.05) is 33.6 Å². The highest BCUT2D eigenvalue weighted by Gasteiger charge is 2.18. The third kappa shape index (κ3) is 4.11. The predicted molar refractivity (Wildman–Crippen MR) is 79.1 cm³/mol. The summed E-state index contributed by atoms with van der Waals surface area (Å²) in [4.78, 5) is 2.49. The fourth-order valence-corrected chi connectivity index (χ4v) is 2.79. The lowest BCUT2D eigenvalue weighted by Crippen LogP contribution is -2.49. The van der Waals surface area contributed by atoms with Gasteiger partial charge in [-0.05, 0) is 24.6 Å². The predicted octanol–water partition coefficient (Wildman–Crippen LogP) is 3.32. The first-order valence-electron chi connectivity index (χ1n) is 5.55. The van der Waals surface area contributed by atoms with E-state index in [2.05, 4.69) is 39.1 Å². The molecule has 1 aliphatic rings. The van der Waals surface area contributed by atoms with Crippen molar-refractivity contribution >= 4 is 39.9 Å². The SMILES string of the molecule is C[C@H]1CNCCN1Cc1ccc(Cl)cc1Br.Cl. The summed E-state index contributed by atoms with van der Waals surface area (Å²) in [6.07, 6.45) is 0. The van der Waals surface area contributed by atoms with Crippen LogP contribution in [0.1, 0.15) is 12.5 Å². The normalized spacial score (nSPS) is 21.0. The summed E-state index contributed by atoms with van der Waals surface area (Å²) >= 11 is 9.50. The van der Waals surface area contributed by atoms with Gasteiger partial charge in [0.15, 0.2) is 0 Å². The Hall–Kier alpha value is 0.200. The number of nitrogens with zero attached hydrogens (tertiary/aromatic N) is 1. The van der Waals surface area contributed by atoms with Crippen LogP contribution in [0.15, 0.2) is 22.7 Å². The molecule has 1 atom stereocenters. The standard InChI is InChI=1S/C12H16BrClN2.ClH/c1-9-7-15-4-5-16(9)8-10-2-3-11(14)6-12(10)13;/h2-3,6,9,15H,4-5,7-8H2,1H3;1H/t9-;/m0./s1. The largest absolute Gasteiger partial charge is 0.314 e. The van der Waals surface area contributed by atoms with Gasteiger partial charge in [0, 0.05) is 41.7 Å². The van der Waals surface area contributed by atoms with Gasteiger partial charge in [-0.25, -0.2) is 0 Å². The Bertz CT molecular complexity index is 374. The molecule has 96 valence electrons. The van der Waals surface area contributed by atoms with Crippen LogP contribution in [0.4, 0.5) is 0 Å². The summed E-state index contributed by atoms with van der Waals surface area (Å²) in [5, 5.41) is 4.18. The minimum absolute atomic E-state index is 0. The van der Waals surface area contributed by atoms with Crippen molar-refractivity contribution in [2.45, 2.75) is 19.5 Å². The fourth-order valence-electron chi connectivity index (χ4n) is 1.99. The Labute approximate surface area is 122 Å². The highest BCUT2D eigenvalue weighted by molar-refractivity contribution is 9.10. The van der Waals surface area contributed by atoms with E-state index in [0.29, 0.717) is 6.04 Å². The van der Waals surface area contributed by atoms with Crippen LogP contribution in [0.3, 0.4) is 0 Å². The number of hydrogen-bond acceptors (Lipinski definition) is 2. The van der Waals surface area contributed by atoms with Gasteiger partial charge in [0.2, 0.25) is 0 Å². The van der Waals surface area contributed by atoms with E-state index in [1.165, 1.54) is 5.56 Å². The lowest BCUT2D eigenvalue weighted by molar-refractivity contribution is 0.165. The first-order valence-corrected chi connectivity index (χ1v) is 6.72. The molecule has 1 aromatic rings. The van der Waals surface area contributed by atoms with Crippen molar-refractivity contribution in [3.63, 3.8) is 0 Å². The van der Waals surface area contributed by atoms with Crippen molar-refractivity contribution in [1.82, 2.24) is 10.2 Å². The molecule has 2 nitrogen and oxygen atoms in total. The van der Waals surface area contributed by atoms with E-state index in [-0.39, 0.29) is 12.4 Å². The summed E-state index contributed by atoms with van der Waals surface area (Å²) in [6.45, 7) is 6.51. The van der Waals surface area contributed by atoms with Crippen LogP contribution in [-0.2, 0) is 6.54 Å². The highest BCUT2D eigenvalue weighted by atomic mass is 79.9. The second kappa shape index (κ2) is 6.95. The molecule has 0 aromatic heterocycles. The Morgan fingerprint density at radius 2 is 2.29 bits per heavy atom. The van der Waals surface area contributed by atoms with E-state index in [4.69, 9.17) is 11.6 Å². The van der Waals surface area contributed by atoms with E-state index in [0.717, 1.165) is 35.7 Å². The van der Waals surface area contributed by atoms with E-state index >= 15 is 0 Å². The maximum Gasteiger partial charge on any atom is 0.0417 e. The van der Waals surface area contributed by atoms with Gasteiger partial charge in [-0.15, -0.1) is 12.4 Å². The molecule has 2 rings (SSSR count). The molecule has 1 fully saturated rings. The molecular weight excluding hydrogens is 323 g/mol. The summed E-state index contributed by atoms with van der Waals surface area (Å²) in [7, 11) is 0. The molecule has 0 unspecified atom stereocenters. The minimum atomic E-state index is 0. The van der Waals surface area contributed by atoms with Crippen LogP contribution in [0, 0.1) is 0 Å². The summed E-state index contributed by atoms with van der Waals surface area (Å²) in [6, 6.07) is 6.61. The van der Waals surface area contributed by atoms with Crippen molar-refractivity contribution < 1.29 is 0 Å². The van der Waals surface area contributed by atoms with Gasteiger partial charge in [0.05, 0.1) is 0 Å². The summed E-state index contributed by atoms with van der Waals surface area (Å²) in [5.41, 5.74) is 1.30. The van der Waals surface area contributed by atoms with Crippen molar-refractivity contribution in [1.29, 1.82) is 0 Å². The van der Waals surface area contributed by atoms with E-state index in [9.17, 15) is 0 Å². The average molecular weight is 340 g/mol. The van der Waals surface area contributed by atoms with Crippen molar-refractivity contribution in [2.75, 3.05) is 19.6 Å². The van der Waals surface area contributed by atoms with Gasteiger partial charge in [-0.2, -0.15) is 0 Å². The molecule has 0 spiro atoms. The van der Waals surface area contributed by atoms with E-state index in [1.54, 1.807) is 0 Å². The third-order valence-electron chi connectivity index (χ3n) is 3.03. The molecule has 0 bridgehead atoms. The average Bonchev–Trinajstić information content (AvgIpc) is 2.25. The van der Waals surface area contributed by atoms with Gasteiger partial charge in [0.1, 0.15) is 0 Å². The van der Waals surface area contributed by atoms with Gasteiger partial charge in [-0.3, -0.25) is 4.90 Å².